The third-order valence-corrected chi connectivity index (χ3v) is 6.22. The molecule has 1 unspecified atom stereocenters. The van der Waals surface area contributed by atoms with Crippen LogP contribution in [0.25, 0.3) is 0 Å². The third-order valence-electron chi connectivity index (χ3n) is 6.22. The number of rotatable bonds is 3. The molecule has 1 aliphatic heterocycles. The van der Waals surface area contributed by atoms with Crippen molar-refractivity contribution in [2.45, 2.75) is 45.0 Å². The van der Waals surface area contributed by atoms with E-state index in [2.05, 4.69) is 13.8 Å². The van der Waals surface area contributed by atoms with Crippen LogP contribution in [-0.4, -0.2) is 42.8 Å². The molecule has 1 heterocycles. The van der Waals surface area contributed by atoms with Gasteiger partial charge in [0.05, 0.1) is 18.8 Å². The van der Waals surface area contributed by atoms with Gasteiger partial charge in [0, 0.05) is 30.8 Å². The molecule has 1 spiro atoms. The maximum Gasteiger partial charge on any atom is 0.338 e. The molecule has 0 amide bonds. The minimum absolute atomic E-state index is 0.0233. The van der Waals surface area contributed by atoms with Crippen molar-refractivity contribution in [2.75, 3.05) is 19.8 Å². The molecule has 5 nitrogen and oxygen atoms in total. The van der Waals surface area contributed by atoms with E-state index in [1.807, 2.05) is 18.2 Å². The molecule has 26 heavy (non-hydrogen) atoms. The van der Waals surface area contributed by atoms with E-state index < -0.39 is 5.79 Å². The second-order valence-electron chi connectivity index (χ2n) is 8.88. The van der Waals surface area contributed by atoms with Gasteiger partial charge in [-0.25, -0.2) is 4.79 Å². The first-order valence-corrected chi connectivity index (χ1v) is 9.56. The number of esters is 1. The van der Waals surface area contributed by atoms with E-state index >= 15 is 0 Å². The number of benzene rings is 1. The summed E-state index contributed by atoms with van der Waals surface area (Å²) in [5.41, 5.74) is 0.603. The predicted octanol–water partition coefficient (Wildman–Crippen LogP) is 3.02. The summed E-state index contributed by atoms with van der Waals surface area (Å²) in [5.74, 6) is -0.228. The highest BCUT2D eigenvalue weighted by Crippen LogP contribution is 2.55. The van der Waals surface area contributed by atoms with E-state index in [-0.39, 0.29) is 35.9 Å². The van der Waals surface area contributed by atoms with Gasteiger partial charge in [-0.3, -0.25) is 0 Å². The summed E-state index contributed by atoms with van der Waals surface area (Å²) >= 11 is 0. The van der Waals surface area contributed by atoms with Crippen molar-refractivity contribution in [1.82, 2.24) is 0 Å². The van der Waals surface area contributed by atoms with Crippen LogP contribution in [0.1, 0.15) is 43.5 Å². The minimum Gasteiger partial charge on any atom is -0.458 e. The van der Waals surface area contributed by atoms with Crippen LogP contribution in [0.15, 0.2) is 30.3 Å². The first kappa shape index (κ1) is 18.0. The van der Waals surface area contributed by atoms with Gasteiger partial charge in [-0.05, 0) is 30.4 Å². The highest BCUT2D eigenvalue weighted by atomic mass is 16.7. The molecule has 3 aliphatic rings. The van der Waals surface area contributed by atoms with Gasteiger partial charge in [-0.1, -0.05) is 32.0 Å². The Morgan fingerprint density at radius 2 is 1.88 bits per heavy atom. The lowest BCUT2D eigenvalue weighted by Crippen LogP contribution is -2.47. The normalized spacial score (nSPS) is 34.6. The average Bonchev–Trinajstić information content (AvgIpc) is 3.12. The highest BCUT2D eigenvalue weighted by Gasteiger charge is 2.57. The SMILES string of the molecule is CC1(C)COC2(C[C@H]3C[C@@H](OC(=O)c4ccccc4)C(CO)[C@H]3C2)OC1. The van der Waals surface area contributed by atoms with Gasteiger partial charge in [0.1, 0.15) is 6.10 Å². The summed E-state index contributed by atoms with van der Waals surface area (Å²) in [7, 11) is 0. The van der Waals surface area contributed by atoms with Gasteiger partial charge in [0.25, 0.3) is 0 Å². The Labute approximate surface area is 154 Å². The summed E-state index contributed by atoms with van der Waals surface area (Å²) in [6.45, 7) is 5.71. The number of carbonyl (C=O) groups is 1. The first-order valence-electron chi connectivity index (χ1n) is 9.56. The molecule has 4 atom stereocenters. The van der Waals surface area contributed by atoms with Gasteiger partial charge >= 0.3 is 5.97 Å². The summed E-state index contributed by atoms with van der Waals surface area (Å²) in [6.07, 6.45) is 2.13. The zero-order chi connectivity index (χ0) is 18.4. The van der Waals surface area contributed by atoms with Crippen LogP contribution in [0.2, 0.25) is 0 Å². The van der Waals surface area contributed by atoms with Crippen LogP contribution in [-0.2, 0) is 14.2 Å². The second kappa shape index (κ2) is 6.63. The van der Waals surface area contributed by atoms with Gasteiger partial charge in [0.2, 0.25) is 0 Å². The molecular formula is C21H28O5. The van der Waals surface area contributed by atoms with Gasteiger partial charge in [-0.15, -0.1) is 0 Å². The van der Waals surface area contributed by atoms with E-state index in [1.165, 1.54) is 0 Å². The molecule has 0 aromatic heterocycles. The number of hydrogen-bond acceptors (Lipinski definition) is 5. The van der Waals surface area contributed by atoms with E-state index in [4.69, 9.17) is 14.2 Å². The van der Waals surface area contributed by atoms with Crippen LogP contribution >= 0.6 is 0 Å². The fourth-order valence-corrected chi connectivity index (χ4v) is 4.81. The Morgan fingerprint density at radius 1 is 1.19 bits per heavy atom. The monoisotopic (exact) mass is 360 g/mol. The average molecular weight is 360 g/mol. The fourth-order valence-electron chi connectivity index (χ4n) is 4.81. The highest BCUT2D eigenvalue weighted by molar-refractivity contribution is 5.89. The molecule has 1 N–H and O–H groups in total. The van der Waals surface area contributed by atoms with Crippen LogP contribution in [0.3, 0.4) is 0 Å². The summed E-state index contributed by atoms with van der Waals surface area (Å²) in [5, 5.41) is 9.96. The summed E-state index contributed by atoms with van der Waals surface area (Å²) < 4.78 is 18.1. The maximum absolute atomic E-state index is 12.4. The van der Waals surface area contributed by atoms with Crippen molar-refractivity contribution in [2.24, 2.45) is 23.2 Å². The molecule has 1 saturated heterocycles. The molecule has 4 rings (SSSR count). The summed E-state index contributed by atoms with van der Waals surface area (Å²) in [6, 6.07) is 9.04. The van der Waals surface area contributed by atoms with Crippen LogP contribution in [0, 0.1) is 23.2 Å². The van der Waals surface area contributed by atoms with Gasteiger partial charge in [0.15, 0.2) is 5.79 Å². The minimum atomic E-state index is -0.507. The lowest BCUT2D eigenvalue weighted by atomic mass is 9.91. The number of carbonyl (C=O) groups excluding carboxylic acids is 1. The zero-order valence-electron chi connectivity index (χ0n) is 15.5. The Morgan fingerprint density at radius 3 is 2.54 bits per heavy atom. The Balaban J connectivity index is 1.42. The van der Waals surface area contributed by atoms with Crippen LogP contribution in [0.4, 0.5) is 0 Å². The maximum atomic E-state index is 12.4. The quantitative estimate of drug-likeness (QED) is 0.840. The van der Waals surface area contributed by atoms with Gasteiger partial charge in [-0.2, -0.15) is 0 Å². The molecule has 0 bridgehead atoms. The third kappa shape index (κ3) is 3.28. The van der Waals surface area contributed by atoms with E-state index in [9.17, 15) is 9.90 Å². The van der Waals surface area contributed by atoms with Gasteiger partial charge < -0.3 is 19.3 Å². The van der Waals surface area contributed by atoms with Crippen molar-refractivity contribution in [3.8, 4) is 0 Å². The molecule has 3 fully saturated rings. The molecule has 2 aliphatic carbocycles. The number of ether oxygens (including phenoxy) is 3. The molecule has 5 heteroatoms. The van der Waals surface area contributed by atoms with Crippen LogP contribution in [0.5, 0.6) is 0 Å². The standard InChI is InChI=1S/C21H28O5/c1-20(2)12-24-21(25-13-20)9-15-8-18(17(11-22)16(15)10-21)26-19(23)14-6-4-3-5-7-14/h3-7,15-18,22H,8-13H2,1-2H3/t15-,16+,17?,18-/m1/s1. The number of aliphatic hydroxyl groups excluding tert-OH is 1. The molecule has 2 saturated carbocycles. The fraction of sp³-hybridized carbons (Fsp3) is 0.667. The molecule has 0 radical (unpaired) electrons. The predicted molar refractivity (Wildman–Crippen MR) is 95.5 cm³/mol. The zero-order valence-corrected chi connectivity index (χ0v) is 15.5. The molecular weight excluding hydrogens is 332 g/mol. The first-order chi connectivity index (χ1) is 12.4. The molecule has 1 aromatic rings. The van der Waals surface area contributed by atoms with Crippen molar-refractivity contribution in [3.05, 3.63) is 35.9 Å². The lowest BCUT2D eigenvalue weighted by molar-refractivity contribution is -0.298. The topological polar surface area (TPSA) is 65.0 Å². The van der Waals surface area contributed by atoms with Crippen molar-refractivity contribution >= 4 is 5.97 Å². The Hall–Kier alpha value is -1.43. The number of aliphatic hydroxyl groups is 1. The Bertz CT molecular complexity index is 646. The van der Waals surface area contributed by atoms with E-state index in [0.717, 1.165) is 19.3 Å². The molecule has 1 aromatic carbocycles. The number of hydrogen-bond donors (Lipinski definition) is 1. The van der Waals surface area contributed by atoms with Crippen molar-refractivity contribution in [1.29, 1.82) is 0 Å². The lowest BCUT2D eigenvalue weighted by Gasteiger charge is -2.42. The van der Waals surface area contributed by atoms with Crippen LogP contribution < -0.4 is 0 Å². The Kier molecular flexibility index (Phi) is 4.58. The summed E-state index contributed by atoms with van der Waals surface area (Å²) in [4.78, 5) is 12.4. The van der Waals surface area contributed by atoms with E-state index in [0.29, 0.717) is 24.7 Å². The second-order valence-corrected chi connectivity index (χ2v) is 8.88. The molecule has 142 valence electrons. The van der Waals surface area contributed by atoms with E-state index in [1.54, 1.807) is 12.1 Å². The smallest absolute Gasteiger partial charge is 0.338 e. The van der Waals surface area contributed by atoms with Crippen molar-refractivity contribution < 1.29 is 24.1 Å². The van der Waals surface area contributed by atoms with Crippen molar-refractivity contribution in [3.63, 3.8) is 0 Å². The number of fused-ring (bicyclic) bond motifs is 1. The largest absolute Gasteiger partial charge is 0.458 e.